The van der Waals surface area contributed by atoms with Gasteiger partial charge < -0.3 is 15.0 Å². The van der Waals surface area contributed by atoms with E-state index in [1.54, 1.807) is 26.0 Å². The minimum Gasteiger partial charge on any atom is -0.372 e. The molecule has 0 radical (unpaired) electrons. The minimum atomic E-state index is -3.31. The number of halogens is 1. The molecule has 31 heavy (non-hydrogen) atoms. The number of anilines is 2. The Bertz CT molecular complexity index is 875. The molecule has 1 amide bonds. The van der Waals surface area contributed by atoms with E-state index in [1.165, 1.54) is 6.07 Å². The van der Waals surface area contributed by atoms with Crippen molar-refractivity contribution in [1.29, 1.82) is 0 Å². The van der Waals surface area contributed by atoms with Gasteiger partial charge in [-0.1, -0.05) is 0 Å². The van der Waals surface area contributed by atoms with Gasteiger partial charge in [0.05, 0.1) is 23.1 Å². The van der Waals surface area contributed by atoms with Crippen LogP contribution in [-0.2, 0) is 19.6 Å². The first-order valence-electron chi connectivity index (χ1n) is 11.1. The topological polar surface area (TPSA) is 87.7 Å². The van der Waals surface area contributed by atoms with Crippen LogP contribution in [0.3, 0.4) is 0 Å². The second-order valence-corrected chi connectivity index (χ2v) is 11.3. The highest BCUT2D eigenvalue weighted by atomic mass is 32.2. The molecule has 2 atom stereocenters. The second kappa shape index (κ2) is 9.83. The van der Waals surface area contributed by atoms with E-state index in [-0.39, 0.29) is 35.9 Å². The van der Waals surface area contributed by atoms with Crippen LogP contribution in [0.1, 0.15) is 53.4 Å². The molecular weight excluding hydrogens is 421 g/mol. The van der Waals surface area contributed by atoms with E-state index in [4.69, 9.17) is 4.74 Å². The summed E-state index contributed by atoms with van der Waals surface area (Å²) < 4.78 is 47.3. The number of ether oxygens (including phenoxy) is 1. The van der Waals surface area contributed by atoms with Crippen molar-refractivity contribution >= 4 is 27.3 Å². The summed E-state index contributed by atoms with van der Waals surface area (Å²) in [5.41, 5.74) is 0.946. The summed E-state index contributed by atoms with van der Waals surface area (Å²) >= 11 is 0. The molecule has 1 saturated carbocycles. The highest BCUT2D eigenvalue weighted by Gasteiger charge is 2.30. The fourth-order valence-corrected chi connectivity index (χ4v) is 5.27. The van der Waals surface area contributed by atoms with Gasteiger partial charge in [0.2, 0.25) is 15.9 Å². The number of sulfonamides is 1. The number of morpholine rings is 1. The zero-order chi connectivity index (χ0) is 22.8. The van der Waals surface area contributed by atoms with E-state index >= 15 is 0 Å². The lowest BCUT2D eigenvalue weighted by Crippen LogP contribution is -2.45. The molecule has 2 aliphatic rings. The summed E-state index contributed by atoms with van der Waals surface area (Å²) in [6.07, 6.45) is 2.49. The molecule has 0 spiro atoms. The maximum Gasteiger partial charge on any atom is 0.227 e. The molecule has 1 aliphatic carbocycles. The van der Waals surface area contributed by atoms with Gasteiger partial charge in [0.15, 0.2) is 0 Å². The zero-order valence-corrected chi connectivity index (χ0v) is 19.5. The quantitative estimate of drug-likeness (QED) is 0.688. The molecule has 1 aliphatic heterocycles. The normalized spacial score (nSPS) is 27.4. The Morgan fingerprint density at radius 1 is 1.13 bits per heavy atom. The molecule has 2 fully saturated rings. The van der Waals surface area contributed by atoms with Crippen molar-refractivity contribution in [2.75, 3.05) is 23.3 Å². The standard InChI is InChI=1S/C22H34FN3O4S/c1-14(2)31(28,29)25-18-7-5-17(6-8-18)22(27)24-19-9-10-21(20(23)11-19)26-12-15(3)30-16(4)13-26/h9-11,14-18,25H,5-8,12-13H2,1-4H3,(H,24,27)/t15-,16+,17?,18?. The highest BCUT2D eigenvalue weighted by Crippen LogP contribution is 2.29. The molecular formula is C22H34FN3O4S. The average molecular weight is 456 g/mol. The third kappa shape index (κ3) is 6.17. The van der Waals surface area contributed by atoms with E-state index in [2.05, 4.69) is 10.0 Å². The van der Waals surface area contributed by atoms with Gasteiger partial charge in [-0.05, 0) is 71.6 Å². The van der Waals surface area contributed by atoms with Gasteiger partial charge in [0.25, 0.3) is 0 Å². The first-order chi connectivity index (χ1) is 14.5. The molecule has 1 aromatic carbocycles. The van der Waals surface area contributed by atoms with Crippen molar-refractivity contribution in [2.24, 2.45) is 5.92 Å². The highest BCUT2D eigenvalue weighted by molar-refractivity contribution is 7.90. The van der Waals surface area contributed by atoms with Crippen LogP contribution in [0.15, 0.2) is 18.2 Å². The van der Waals surface area contributed by atoms with Crippen molar-refractivity contribution < 1.29 is 22.3 Å². The van der Waals surface area contributed by atoms with Gasteiger partial charge in [-0.3, -0.25) is 4.79 Å². The van der Waals surface area contributed by atoms with Crippen molar-refractivity contribution in [1.82, 2.24) is 4.72 Å². The molecule has 1 saturated heterocycles. The van der Waals surface area contributed by atoms with Crippen LogP contribution in [0, 0.1) is 11.7 Å². The molecule has 3 rings (SSSR count). The minimum absolute atomic E-state index is 0.0303. The zero-order valence-electron chi connectivity index (χ0n) is 18.7. The van der Waals surface area contributed by atoms with Crippen molar-refractivity contribution in [3.8, 4) is 0 Å². The molecule has 2 N–H and O–H groups in total. The summed E-state index contributed by atoms with van der Waals surface area (Å²) in [5.74, 6) is -0.722. The van der Waals surface area contributed by atoms with E-state index in [9.17, 15) is 17.6 Å². The number of amides is 1. The third-order valence-corrected chi connectivity index (χ3v) is 7.93. The molecule has 7 nitrogen and oxygen atoms in total. The lowest BCUT2D eigenvalue weighted by molar-refractivity contribution is -0.120. The molecule has 9 heteroatoms. The van der Waals surface area contributed by atoms with Crippen LogP contribution in [0.2, 0.25) is 0 Å². The van der Waals surface area contributed by atoms with Crippen LogP contribution in [-0.4, -0.2) is 50.9 Å². The smallest absolute Gasteiger partial charge is 0.227 e. The van der Waals surface area contributed by atoms with Crippen molar-refractivity contribution in [3.63, 3.8) is 0 Å². The number of nitrogens with zero attached hydrogens (tertiary/aromatic N) is 1. The number of nitrogens with one attached hydrogen (secondary N) is 2. The Labute approximate surface area is 184 Å². The number of benzene rings is 1. The summed E-state index contributed by atoms with van der Waals surface area (Å²) in [7, 11) is -3.31. The largest absolute Gasteiger partial charge is 0.372 e. The summed E-state index contributed by atoms with van der Waals surface area (Å²) in [6, 6.07) is 4.66. The average Bonchev–Trinajstić information content (AvgIpc) is 2.67. The fraction of sp³-hybridized carbons (Fsp3) is 0.682. The Morgan fingerprint density at radius 2 is 1.74 bits per heavy atom. The van der Waals surface area contributed by atoms with Gasteiger partial charge in [0.1, 0.15) is 5.82 Å². The van der Waals surface area contributed by atoms with Crippen LogP contribution in [0.5, 0.6) is 0 Å². The Balaban J connectivity index is 1.55. The van der Waals surface area contributed by atoms with E-state index in [0.717, 1.165) is 0 Å². The maximum atomic E-state index is 14.8. The molecule has 1 aromatic rings. The van der Waals surface area contributed by atoms with Crippen LogP contribution >= 0.6 is 0 Å². The number of hydrogen-bond donors (Lipinski definition) is 2. The van der Waals surface area contributed by atoms with Gasteiger partial charge in [-0.2, -0.15) is 0 Å². The molecule has 0 aromatic heterocycles. The molecule has 174 valence electrons. The van der Waals surface area contributed by atoms with Crippen LogP contribution in [0.25, 0.3) is 0 Å². The van der Waals surface area contributed by atoms with E-state index < -0.39 is 15.3 Å². The van der Waals surface area contributed by atoms with Crippen molar-refractivity contribution in [2.45, 2.75) is 76.9 Å². The molecule has 1 heterocycles. The lowest BCUT2D eigenvalue weighted by atomic mass is 9.86. The first kappa shape index (κ1) is 23.9. The Kier molecular flexibility index (Phi) is 7.59. The van der Waals surface area contributed by atoms with Gasteiger partial charge >= 0.3 is 0 Å². The van der Waals surface area contributed by atoms with Gasteiger partial charge in [-0.25, -0.2) is 17.5 Å². The number of rotatable bonds is 6. The Morgan fingerprint density at radius 3 is 2.29 bits per heavy atom. The summed E-state index contributed by atoms with van der Waals surface area (Å²) in [4.78, 5) is 14.6. The Hall–Kier alpha value is -1.71. The van der Waals surface area contributed by atoms with E-state index in [1.807, 2.05) is 18.7 Å². The van der Waals surface area contributed by atoms with Crippen molar-refractivity contribution in [3.05, 3.63) is 24.0 Å². The van der Waals surface area contributed by atoms with E-state index in [0.29, 0.717) is 50.1 Å². The lowest BCUT2D eigenvalue weighted by Gasteiger charge is -2.37. The summed E-state index contributed by atoms with van der Waals surface area (Å²) in [6.45, 7) is 8.47. The second-order valence-electron chi connectivity index (χ2n) is 9.08. The number of carbonyl (C=O) groups excluding carboxylic acids is 1. The fourth-order valence-electron chi connectivity index (χ4n) is 4.30. The number of carbonyl (C=O) groups is 1. The SMILES string of the molecule is CC(C)S(=O)(=O)NC1CCC(C(=O)Nc2ccc(N3C[C@@H](C)O[C@@H](C)C3)c(F)c2)CC1. The number of hydrogen-bond acceptors (Lipinski definition) is 5. The predicted molar refractivity (Wildman–Crippen MR) is 120 cm³/mol. The molecule has 0 unspecified atom stereocenters. The van der Waals surface area contributed by atoms with Crippen LogP contribution < -0.4 is 14.9 Å². The predicted octanol–water partition coefficient (Wildman–Crippen LogP) is 3.26. The van der Waals surface area contributed by atoms with Gasteiger partial charge in [-0.15, -0.1) is 0 Å². The molecule has 0 bridgehead atoms. The first-order valence-corrected chi connectivity index (χ1v) is 12.6. The monoisotopic (exact) mass is 455 g/mol. The maximum absolute atomic E-state index is 14.8. The summed E-state index contributed by atoms with van der Waals surface area (Å²) in [5, 5.41) is 2.34. The third-order valence-electron chi connectivity index (χ3n) is 6.03. The van der Waals surface area contributed by atoms with Gasteiger partial charge in [0, 0.05) is 30.7 Å². The van der Waals surface area contributed by atoms with Crippen LogP contribution in [0.4, 0.5) is 15.8 Å².